The third-order valence-electron chi connectivity index (χ3n) is 9.14. The van der Waals surface area contributed by atoms with Gasteiger partial charge in [-0.25, -0.2) is 0 Å². The number of unbranched alkanes of at least 4 members (excludes halogenated alkanes) is 22. The molecule has 0 bridgehead atoms. The average Bonchev–Trinajstić information content (AvgIpc) is 3.02. The Bertz CT molecular complexity index is 737. The maximum atomic E-state index is 12.7. The van der Waals surface area contributed by atoms with Crippen molar-refractivity contribution in [1.29, 1.82) is 0 Å². The second kappa shape index (κ2) is 30.9. The molecule has 0 heterocycles. The molecule has 0 aromatic carbocycles. The van der Waals surface area contributed by atoms with Gasteiger partial charge in [-0.05, 0) is 18.8 Å². The van der Waals surface area contributed by atoms with Crippen LogP contribution in [0.2, 0.25) is 0 Å². The lowest BCUT2D eigenvalue weighted by Gasteiger charge is -2.35. The molecule has 0 aromatic heterocycles. The summed E-state index contributed by atoms with van der Waals surface area (Å²) in [7, 11) is 1.26. The summed E-state index contributed by atoms with van der Waals surface area (Å²) in [6.45, 7) is 3.82. The van der Waals surface area contributed by atoms with Crippen molar-refractivity contribution in [3.63, 3.8) is 0 Å². The van der Waals surface area contributed by atoms with Gasteiger partial charge in [0.2, 0.25) is 0 Å². The number of hydrogen-bond acceptors (Lipinski definition) is 7. The maximum Gasteiger partial charge on any atom is 0.268 e. The van der Waals surface area contributed by atoms with Crippen molar-refractivity contribution in [2.24, 2.45) is 5.92 Å². The number of likely N-dealkylation sites (N-methyl/N-ethyl adjacent to an activating group) is 1. The molecular formula is C38H78NO6PS. The SMILES string of the molecule is CCCCCCCCCCCCCCC(CCCCCCCCCCCCCC)C(=S)C(C[N+](C)(C)C)OP(=O)([O-])OC[C@H](O)CO. The van der Waals surface area contributed by atoms with Gasteiger partial charge in [0.1, 0.15) is 18.8 Å². The predicted molar refractivity (Wildman–Crippen MR) is 202 cm³/mol. The molecular weight excluding hydrogens is 629 g/mol. The van der Waals surface area contributed by atoms with Crippen LogP contribution >= 0.6 is 20.0 Å². The Hall–Kier alpha value is 0.0800. The molecule has 9 heteroatoms. The number of aliphatic hydroxyl groups is 2. The Morgan fingerprint density at radius 1 is 0.681 bits per heavy atom. The highest BCUT2D eigenvalue weighted by molar-refractivity contribution is 7.80. The van der Waals surface area contributed by atoms with E-state index in [1.807, 2.05) is 21.1 Å². The van der Waals surface area contributed by atoms with Crippen LogP contribution < -0.4 is 4.89 Å². The molecule has 0 rings (SSSR count). The van der Waals surface area contributed by atoms with Gasteiger partial charge < -0.3 is 28.6 Å². The number of quaternary nitrogens is 1. The van der Waals surface area contributed by atoms with E-state index in [1.165, 1.54) is 141 Å². The van der Waals surface area contributed by atoms with Crippen LogP contribution in [0.25, 0.3) is 0 Å². The molecule has 0 aliphatic heterocycles. The van der Waals surface area contributed by atoms with Gasteiger partial charge in [-0.15, -0.1) is 0 Å². The molecule has 7 nitrogen and oxygen atoms in total. The Morgan fingerprint density at radius 2 is 1.02 bits per heavy atom. The summed E-state index contributed by atoms with van der Waals surface area (Å²) in [5.74, 6) is 0.121. The Kier molecular flexibility index (Phi) is 30.9. The van der Waals surface area contributed by atoms with Crippen LogP contribution in [-0.2, 0) is 13.6 Å². The highest BCUT2D eigenvalue weighted by atomic mass is 32.1. The van der Waals surface area contributed by atoms with Gasteiger partial charge in [-0.3, -0.25) is 4.57 Å². The van der Waals surface area contributed by atoms with Crippen LogP contribution in [-0.4, -0.2) is 72.7 Å². The molecule has 0 fully saturated rings. The van der Waals surface area contributed by atoms with Gasteiger partial charge in [0.25, 0.3) is 7.82 Å². The van der Waals surface area contributed by atoms with E-state index in [9.17, 15) is 14.6 Å². The van der Waals surface area contributed by atoms with Crippen molar-refractivity contribution in [2.75, 3.05) is 40.9 Å². The first kappa shape index (κ1) is 47.1. The monoisotopic (exact) mass is 708 g/mol. The summed E-state index contributed by atoms with van der Waals surface area (Å²) in [4.78, 5) is 13.4. The van der Waals surface area contributed by atoms with Crippen molar-refractivity contribution >= 4 is 24.9 Å². The van der Waals surface area contributed by atoms with Crippen molar-refractivity contribution in [1.82, 2.24) is 0 Å². The fraction of sp³-hybridized carbons (Fsp3) is 0.974. The average molecular weight is 708 g/mol. The minimum atomic E-state index is -4.73. The first-order valence-corrected chi connectivity index (χ1v) is 21.6. The number of aliphatic hydroxyl groups excluding tert-OH is 2. The molecule has 0 saturated carbocycles. The summed E-state index contributed by atoms with van der Waals surface area (Å²) < 4.78 is 23.8. The first-order chi connectivity index (χ1) is 22.5. The third kappa shape index (κ3) is 30.6. The Balaban J connectivity index is 4.95. The quantitative estimate of drug-likeness (QED) is 0.0289. The molecule has 0 aromatic rings. The van der Waals surface area contributed by atoms with Gasteiger partial charge in [-0.1, -0.05) is 180 Å². The molecule has 47 heavy (non-hydrogen) atoms. The molecule has 0 spiro atoms. The zero-order chi connectivity index (χ0) is 35.2. The molecule has 2 unspecified atom stereocenters. The van der Waals surface area contributed by atoms with E-state index in [-0.39, 0.29) is 5.92 Å². The van der Waals surface area contributed by atoms with Gasteiger partial charge in [0.05, 0.1) is 34.4 Å². The van der Waals surface area contributed by atoms with Crippen molar-refractivity contribution < 1.29 is 33.2 Å². The minimum Gasteiger partial charge on any atom is -0.756 e. The molecule has 0 radical (unpaired) electrons. The highest BCUT2D eigenvalue weighted by Crippen LogP contribution is 2.41. The van der Waals surface area contributed by atoms with Crippen LogP contribution in [0.4, 0.5) is 0 Å². The van der Waals surface area contributed by atoms with Gasteiger partial charge >= 0.3 is 0 Å². The second-order valence-electron chi connectivity index (χ2n) is 15.1. The minimum absolute atomic E-state index is 0.121. The Labute approximate surface area is 297 Å². The van der Waals surface area contributed by atoms with Crippen LogP contribution in [0.15, 0.2) is 0 Å². The van der Waals surface area contributed by atoms with E-state index < -0.39 is 33.2 Å². The topological polar surface area (TPSA) is 99.1 Å². The molecule has 0 aliphatic carbocycles. The van der Waals surface area contributed by atoms with Crippen LogP contribution in [0.5, 0.6) is 0 Å². The van der Waals surface area contributed by atoms with Gasteiger partial charge in [0, 0.05) is 4.86 Å². The third-order valence-corrected chi connectivity index (χ3v) is 10.7. The van der Waals surface area contributed by atoms with E-state index in [1.54, 1.807) is 0 Å². The van der Waals surface area contributed by atoms with E-state index >= 15 is 0 Å². The zero-order valence-corrected chi connectivity index (χ0v) is 33.3. The number of phosphoric acid groups is 1. The Morgan fingerprint density at radius 3 is 1.34 bits per heavy atom. The lowest BCUT2D eigenvalue weighted by Crippen LogP contribution is -2.46. The number of nitrogens with zero attached hydrogens (tertiary/aromatic N) is 1. The standard InChI is InChI=1S/C38H78NO6PS/c1-6-8-10-12-14-16-18-20-22-24-26-28-30-35(31-29-27-25-23-21-19-17-15-13-11-9-7-2)38(47)37(32-39(3,4)5)45-46(42,43)44-34-36(41)33-40/h35-37,40-41H,6-34H2,1-5H3/t36-,37?/m1/s1. The van der Waals surface area contributed by atoms with Crippen molar-refractivity contribution in [2.45, 2.75) is 193 Å². The largest absolute Gasteiger partial charge is 0.756 e. The van der Waals surface area contributed by atoms with Crippen molar-refractivity contribution in [3.8, 4) is 0 Å². The highest BCUT2D eigenvalue weighted by Gasteiger charge is 2.32. The van der Waals surface area contributed by atoms with Crippen LogP contribution in [0.3, 0.4) is 0 Å². The molecule has 3 atom stereocenters. The van der Waals surface area contributed by atoms with E-state index in [4.69, 9.17) is 26.4 Å². The summed E-state index contributed by atoms with van der Waals surface area (Å²) in [6, 6.07) is 0. The smallest absolute Gasteiger partial charge is 0.268 e. The van der Waals surface area contributed by atoms with Crippen LogP contribution in [0, 0.1) is 5.92 Å². The fourth-order valence-corrected chi connectivity index (χ4v) is 7.58. The first-order valence-electron chi connectivity index (χ1n) is 19.7. The molecule has 0 aliphatic rings. The lowest BCUT2D eigenvalue weighted by molar-refractivity contribution is -0.872. The second-order valence-corrected chi connectivity index (χ2v) is 16.9. The maximum absolute atomic E-state index is 12.7. The predicted octanol–water partition coefficient (Wildman–Crippen LogP) is 10.1. The summed E-state index contributed by atoms with van der Waals surface area (Å²) in [6.07, 6.45) is 31.1. The van der Waals surface area contributed by atoms with Crippen molar-refractivity contribution in [3.05, 3.63) is 0 Å². The van der Waals surface area contributed by atoms with Crippen LogP contribution in [0.1, 0.15) is 181 Å². The fourth-order valence-electron chi connectivity index (χ4n) is 6.24. The number of thiocarbonyl (C=S) groups is 1. The molecule has 0 amide bonds. The van der Waals surface area contributed by atoms with E-state index in [0.717, 1.165) is 25.7 Å². The molecule has 0 saturated heterocycles. The van der Waals surface area contributed by atoms with E-state index in [0.29, 0.717) is 15.9 Å². The lowest BCUT2D eigenvalue weighted by atomic mass is 9.89. The summed E-state index contributed by atoms with van der Waals surface area (Å²) >= 11 is 6.02. The number of phosphoric ester groups is 1. The number of rotatable bonds is 36. The normalized spacial score (nSPS) is 14.8. The molecule has 2 N–H and O–H groups in total. The van der Waals surface area contributed by atoms with Gasteiger partial charge in [0.15, 0.2) is 0 Å². The zero-order valence-electron chi connectivity index (χ0n) is 31.6. The number of hydrogen-bond donors (Lipinski definition) is 2. The van der Waals surface area contributed by atoms with E-state index in [2.05, 4.69) is 13.8 Å². The van der Waals surface area contributed by atoms with Gasteiger partial charge in [-0.2, -0.15) is 0 Å². The summed E-state index contributed by atoms with van der Waals surface area (Å²) in [5.41, 5.74) is 0. The molecule has 282 valence electrons. The summed E-state index contributed by atoms with van der Waals surface area (Å²) in [5, 5.41) is 18.7.